The molecule has 0 aromatic carbocycles. The maximum absolute atomic E-state index is 12.9. The molecule has 0 aliphatic heterocycles. The van der Waals surface area contributed by atoms with Gasteiger partial charge in [-0.1, -0.05) is 27.7 Å². The first-order valence-electron chi connectivity index (χ1n) is 12.4. The first kappa shape index (κ1) is 38.2. The lowest BCUT2D eigenvalue weighted by Crippen LogP contribution is -2.57. The van der Waals surface area contributed by atoms with E-state index < -0.39 is 66.6 Å². The lowest BCUT2D eigenvalue weighted by molar-refractivity contribution is -0.192. The minimum Gasteiger partial charge on any atom is -0.480 e. The van der Waals surface area contributed by atoms with Gasteiger partial charge in [-0.05, 0) is 50.5 Å². The molecule has 0 aromatic heterocycles. The summed E-state index contributed by atoms with van der Waals surface area (Å²) in [5.41, 5.74) is 11.0. The zero-order valence-corrected chi connectivity index (χ0v) is 22.6. The molecule has 0 rings (SSSR count). The van der Waals surface area contributed by atoms with E-state index >= 15 is 0 Å². The van der Waals surface area contributed by atoms with E-state index in [2.05, 4.69) is 16.0 Å². The van der Waals surface area contributed by atoms with Gasteiger partial charge in [-0.15, -0.1) is 0 Å². The van der Waals surface area contributed by atoms with Crippen molar-refractivity contribution < 1.29 is 52.5 Å². The minimum absolute atomic E-state index is 0.0347. The molecular formula is C23H42F3N5O8. The van der Waals surface area contributed by atoms with Gasteiger partial charge in [-0.2, -0.15) is 13.2 Å². The highest BCUT2D eigenvalue weighted by Crippen LogP contribution is 2.13. The Morgan fingerprint density at radius 1 is 0.769 bits per heavy atom. The molecule has 0 saturated heterocycles. The number of aliphatic carboxylic acids is 2. The minimum atomic E-state index is -5.08. The van der Waals surface area contributed by atoms with Gasteiger partial charge in [-0.25, -0.2) is 9.59 Å². The summed E-state index contributed by atoms with van der Waals surface area (Å²) in [6.45, 7) is 7.34. The van der Waals surface area contributed by atoms with Gasteiger partial charge in [-0.3, -0.25) is 14.4 Å². The summed E-state index contributed by atoms with van der Waals surface area (Å²) in [5.74, 6) is -5.69. The van der Waals surface area contributed by atoms with E-state index in [4.69, 9.17) is 26.5 Å². The number of nitrogens with one attached hydrogen (secondary N) is 3. The van der Waals surface area contributed by atoms with Gasteiger partial charge in [0, 0.05) is 0 Å². The first-order chi connectivity index (χ1) is 17.9. The van der Waals surface area contributed by atoms with E-state index in [1.54, 1.807) is 0 Å². The lowest BCUT2D eigenvalue weighted by atomic mass is 9.99. The molecule has 3 amide bonds. The van der Waals surface area contributed by atoms with Gasteiger partial charge in [0.2, 0.25) is 17.7 Å². The Hall–Kier alpha value is -2.98. The van der Waals surface area contributed by atoms with Crippen LogP contribution in [0.15, 0.2) is 0 Å². The molecule has 0 spiro atoms. The average Bonchev–Trinajstić information content (AvgIpc) is 2.80. The number of rotatable bonds is 16. The molecule has 16 heteroatoms. The van der Waals surface area contributed by atoms with Gasteiger partial charge in [0.25, 0.3) is 0 Å². The molecule has 4 unspecified atom stereocenters. The Balaban J connectivity index is 0. The van der Waals surface area contributed by atoms with Crippen molar-refractivity contribution in [3.05, 3.63) is 0 Å². The molecule has 0 aliphatic carbocycles. The molecule has 4 atom stereocenters. The highest BCUT2D eigenvalue weighted by molar-refractivity contribution is 5.94. The third-order valence-corrected chi connectivity index (χ3v) is 5.02. The molecule has 13 nitrogen and oxygen atoms in total. The zero-order valence-electron chi connectivity index (χ0n) is 22.6. The maximum atomic E-state index is 12.9. The van der Waals surface area contributed by atoms with Crippen molar-refractivity contribution in [2.75, 3.05) is 13.2 Å². The van der Waals surface area contributed by atoms with Crippen molar-refractivity contribution in [3.63, 3.8) is 0 Å². The number of aliphatic hydroxyl groups is 1. The second kappa shape index (κ2) is 19.1. The molecule has 0 heterocycles. The van der Waals surface area contributed by atoms with Crippen LogP contribution in [0.5, 0.6) is 0 Å². The molecule has 0 fully saturated rings. The van der Waals surface area contributed by atoms with Gasteiger partial charge in [0.05, 0.1) is 6.61 Å². The summed E-state index contributed by atoms with van der Waals surface area (Å²) in [5, 5.41) is 33.3. The van der Waals surface area contributed by atoms with Crippen molar-refractivity contribution in [2.24, 2.45) is 23.3 Å². The van der Waals surface area contributed by atoms with E-state index in [1.807, 2.05) is 27.7 Å². The van der Waals surface area contributed by atoms with Crippen molar-refractivity contribution in [1.29, 1.82) is 0 Å². The Morgan fingerprint density at radius 2 is 1.15 bits per heavy atom. The number of unbranched alkanes of at least 4 members (excludes halogenated alkanes) is 1. The number of hydrogen-bond acceptors (Lipinski definition) is 8. The predicted molar refractivity (Wildman–Crippen MR) is 134 cm³/mol. The van der Waals surface area contributed by atoms with E-state index in [1.165, 1.54) is 0 Å². The largest absolute Gasteiger partial charge is 0.490 e. The SMILES string of the molecule is CC(C)CC(NC(=O)C(N)CO)C(=O)NC(CC(C)C)C(=O)NC(CCCCN)C(=O)O.O=C(O)C(F)(F)F. The Morgan fingerprint density at radius 3 is 1.46 bits per heavy atom. The van der Waals surface area contributed by atoms with Crippen molar-refractivity contribution in [3.8, 4) is 0 Å². The summed E-state index contributed by atoms with van der Waals surface area (Å²) < 4.78 is 31.7. The fourth-order valence-electron chi connectivity index (χ4n) is 3.06. The second-order valence-corrected chi connectivity index (χ2v) is 9.66. The van der Waals surface area contributed by atoms with Gasteiger partial charge < -0.3 is 42.7 Å². The van der Waals surface area contributed by atoms with Crippen LogP contribution >= 0.6 is 0 Å². The first-order valence-corrected chi connectivity index (χ1v) is 12.4. The quantitative estimate of drug-likeness (QED) is 0.112. The van der Waals surface area contributed by atoms with Crippen LogP contribution in [0.3, 0.4) is 0 Å². The molecule has 0 aromatic rings. The van der Waals surface area contributed by atoms with Crippen LogP contribution in [0, 0.1) is 11.8 Å². The van der Waals surface area contributed by atoms with Gasteiger partial charge in [0.1, 0.15) is 24.2 Å². The van der Waals surface area contributed by atoms with Crippen molar-refractivity contribution >= 4 is 29.7 Å². The molecule has 0 bridgehead atoms. The summed E-state index contributed by atoms with van der Waals surface area (Å²) in [6, 6.07) is -4.19. The average molecular weight is 574 g/mol. The van der Waals surface area contributed by atoms with Crippen LogP contribution in [0.2, 0.25) is 0 Å². The molecule has 0 aliphatic rings. The fraction of sp³-hybridized carbons (Fsp3) is 0.783. The number of carbonyl (C=O) groups excluding carboxylic acids is 3. The molecule has 39 heavy (non-hydrogen) atoms. The van der Waals surface area contributed by atoms with E-state index in [-0.39, 0.29) is 24.7 Å². The second-order valence-electron chi connectivity index (χ2n) is 9.66. The highest BCUT2D eigenvalue weighted by Gasteiger charge is 2.38. The number of carboxylic acids is 2. The zero-order chi connectivity index (χ0) is 30.9. The standard InChI is InChI=1S/C21H41N5O6.C2HF3O2/c1-12(2)9-16(25-18(28)14(23)11-27)20(30)26-17(10-13(3)4)19(29)24-15(21(31)32)7-5-6-8-22;3-2(4,5)1(6)7/h12-17,27H,5-11,22-23H2,1-4H3,(H,24,29)(H,25,28)(H,26,30)(H,31,32);(H,6,7). The Bertz CT molecular complexity index is 796. The smallest absolute Gasteiger partial charge is 0.480 e. The molecular weight excluding hydrogens is 531 g/mol. The number of hydrogen-bond donors (Lipinski definition) is 8. The van der Waals surface area contributed by atoms with Crippen LogP contribution in [0.1, 0.15) is 59.8 Å². The van der Waals surface area contributed by atoms with Crippen LogP contribution in [-0.2, 0) is 24.0 Å². The van der Waals surface area contributed by atoms with E-state index in [0.29, 0.717) is 25.8 Å². The van der Waals surface area contributed by atoms with Gasteiger partial charge >= 0.3 is 18.1 Å². The highest BCUT2D eigenvalue weighted by atomic mass is 19.4. The van der Waals surface area contributed by atoms with Crippen molar-refractivity contribution in [2.45, 2.75) is 90.1 Å². The lowest BCUT2D eigenvalue weighted by Gasteiger charge is -2.26. The third kappa shape index (κ3) is 18.0. The monoisotopic (exact) mass is 573 g/mol. The van der Waals surface area contributed by atoms with Crippen LogP contribution in [0.25, 0.3) is 0 Å². The third-order valence-electron chi connectivity index (χ3n) is 5.02. The fourth-order valence-corrected chi connectivity index (χ4v) is 3.06. The van der Waals surface area contributed by atoms with Crippen LogP contribution in [-0.4, -0.2) is 88.5 Å². The van der Waals surface area contributed by atoms with E-state index in [9.17, 15) is 37.5 Å². The maximum Gasteiger partial charge on any atom is 0.490 e. The number of alkyl halides is 3. The number of carboxylic acid groups (broad SMARTS) is 2. The summed E-state index contributed by atoms with van der Waals surface area (Å²) in [4.78, 5) is 58.2. The van der Waals surface area contributed by atoms with Crippen LogP contribution in [0.4, 0.5) is 13.2 Å². The van der Waals surface area contributed by atoms with Gasteiger partial charge in [0.15, 0.2) is 0 Å². The predicted octanol–water partition coefficient (Wildman–Crippen LogP) is -0.300. The molecule has 228 valence electrons. The number of amides is 3. The van der Waals surface area contributed by atoms with Crippen LogP contribution < -0.4 is 27.4 Å². The Labute approximate surface area is 225 Å². The van der Waals surface area contributed by atoms with E-state index in [0.717, 1.165) is 0 Å². The Kier molecular flexibility index (Phi) is 18.7. The number of carbonyl (C=O) groups is 5. The number of nitrogens with two attached hydrogens (primary N) is 2. The summed E-state index contributed by atoms with van der Waals surface area (Å²) in [7, 11) is 0. The summed E-state index contributed by atoms with van der Waals surface area (Å²) in [6.07, 6.45) is -3.10. The number of halogens is 3. The summed E-state index contributed by atoms with van der Waals surface area (Å²) >= 11 is 0. The molecule has 0 saturated carbocycles. The topological polar surface area (TPSA) is 234 Å². The molecule has 0 radical (unpaired) electrons. The molecule has 10 N–H and O–H groups in total. The number of aliphatic hydroxyl groups excluding tert-OH is 1. The normalized spacial score (nSPS) is 14.4. The van der Waals surface area contributed by atoms with Crippen molar-refractivity contribution in [1.82, 2.24) is 16.0 Å².